The summed E-state index contributed by atoms with van der Waals surface area (Å²) in [7, 11) is 2.13. The van der Waals surface area contributed by atoms with E-state index in [0.717, 1.165) is 61.4 Å². The molecule has 0 saturated heterocycles. The summed E-state index contributed by atoms with van der Waals surface area (Å²) in [4.78, 5) is 10.0. The molecule has 0 atom stereocenters. The Kier molecular flexibility index (Phi) is 7.76. The molecule has 8 nitrogen and oxygen atoms in total. The van der Waals surface area contributed by atoms with Gasteiger partial charge in [-0.15, -0.1) is 5.10 Å². The molecule has 0 bridgehead atoms. The minimum atomic E-state index is 0.701. The highest BCUT2D eigenvalue weighted by atomic mass is 35.5. The van der Waals surface area contributed by atoms with Crippen LogP contribution >= 0.6 is 11.6 Å². The minimum Gasteiger partial charge on any atom is -0.383 e. The number of halogens is 1. The summed E-state index contributed by atoms with van der Waals surface area (Å²) >= 11 is 6.09. The number of likely N-dealkylation sites (N-methyl/N-ethyl adjacent to an activating group) is 1. The lowest BCUT2D eigenvalue weighted by molar-refractivity contribution is 0.343. The average molecular weight is 503 g/mol. The van der Waals surface area contributed by atoms with E-state index in [1.807, 2.05) is 41.3 Å². The van der Waals surface area contributed by atoms with Gasteiger partial charge in [0.15, 0.2) is 0 Å². The molecule has 0 spiro atoms. The average Bonchev–Trinajstić information content (AvgIpc) is 3.52. The summed E-state index contributed by atoms with van der Waals surface area (Å²) in [6, 6.07) is 16.2. The molecular weight excluding hydrogens is 472 g/mol. The molecule has 3 N–H and O–H groups in total. The number of nitrogens with one attached hydrogen (secondary N) is 3. The Balaban J connectivity index is 1.000. The van der Waals surface area contributed by atoms with E-state index >= 15 is 0 Å². The maximum absolute atomic E-state index is 6.09. The van der Waals surface area contributed by atoms with Crippen LogP contribution < -0.4 is 10.6 Å². The fourth-order valence-corrected chi connectivity index (χ4v) is 4.52. The van der Waals surface area contributed by atoms with Gasteiger partial charge in [0.2, 0.25) is 0 Å². The standard InChI is InChI=1S/C27H31ClN8/c1-35(15-12-31-26-8-10-30-27-16-21(28)6-7-24(26)27)14-11-29-18-22-19-36(34-33-22)13-9-20-17-32-25-5-3-2-4-23(20)25/h2-8,10,16-17,19,29,32H,9,11-15,18H2,1H3,(H,30,31). The fourth-order valence-electron chi connectivity index (χ4n) is 4.36. The van der Waals surface area contributed by atoms with Crippen LogP contribution in [-0.2, 0) is 19.5 Å². The quantitative estimate of drug-likeness (QED) is 0.220. The second-order valence-electron chi connectivity index (χ2n) is 9.01. The van der Waals surface area contributed by atoms with Crippen molar-refractivity contribution in [2.45, 2.75) is 19.5 Å². The first kappa shape index (κ1) is 24.2. The molecule has 3 heterocycles. The van der Waals surface area contributed by atoms with Crippen LogP contribution in [0, 0.1) is 0 Å². The summed E-state index contributed by atoms with van der Waals surface area (Å²) in [5, 5.41) is 18.7. The van der Waals surface area contributed by atoms with E-state index in [9.17, 15) is 0 Å². The molecule has 0 amide bonds. The van der Waals surface area contributed by atoms with Crippen molar-refractivity contribution in [2.24, 2.45) is 0 Å². The maximum atomic E-state index is 6.09. The lowest BCUT2D eigenvalue weighted by Crippen LogP contribution is -2.32. The molecule has 0 aliphatic rings. The number of para-hydroxylation sites is 1. The van der Waals surface area contributed by atoms with Crippen LogP contribution in [0.25, 0.3) is 21.8 Å². The number of hydrogen-bond donors (Lipinski definition) is 3. The number of rotatable bonds is 12. The van der Waals surface area contributed by atoms with E-state index in [1.54, 1.807) is 0 Å². The van der Waals surface area contributed by atoms with Gasteiger partial charge >= 0.3 is 0 Å². The number of pyridine rings is 1. The zero-order valence-corrected chi connectivity index (χ0v) is 21.2. The van der Waals surface area contributed by atoms with Gasteiger partial charge in [0.25, 0.3) is 0 Å². The zero-order valence-electron chi connectivity index (χ0n) is 20.4. The van der Waals surface area contributed by atoms with Gasteiger partial charge in [-0.05, 0) is 49.4 Å². The third-order valence-electron chi connectivity index (χ3n) is 6.36. The van der Waals surface area contributed by atoms with Crippen LogP contribution in [0.15, 0.2) is 67.1 Å². The third-order valence-corrected chi connectivity index (χ3v) is 6.60. The SMILES string of the molecule is CN(CCNCc1cn(CCc2c[nH]c3ccccc23)nn1)CCNc1ccnc2cc(Cl)ccc12. The summed E-state index contributed by atoms with van der Waals surface area (Å²) in [6.07, 6.45) is 6.85. The number of H-pyrrole nitrogens is 1. The first-order chi connectivity index (χ1) is 17.7. The number of fused-ring (bicyclic) bond motifs is 2. The normalized spacial score (nSPS) is 11.6. The predicted molar refractivity (Wildman–Crippen MR) is 146 cm³/mol. The van der Waals surface area contributed by atoms with Crippen LogP contribution in [-0.4, -0.2) is 63.1 Å². The van der Waals surface area contributed by atoms with Crippen molar-refractivity contribution >= 4 is 39.1 Å². The molecule has 0 aliphatic heterocycles. The molecule has 0 unspecified atom stereocenters. The second-order valence-corrected chi connectivity index (χ2v) is 9.45. The van der Waals surface area contributed by atoms with E-state index in [0.29, 0.717) is 11.6 Å². The summed E-state index contributed by atoms with van der Waals surface area (Å²) < 4.78 is 1.92. The number of anilines is 1. The highest BCUT2D eigenvalue weighted by molar-refractivity contribution is 6.31. The number of aromatic nitrogens is 5. The largest absolute Gasteiger partial charge is 0.383 e. The van der Waals surface area contributed by atoms with Gasteiger partial charge in [0, 0.05) is 84.9 Å². The van der Waals surface area contributed by atoms with Crippen LogP contribution in [0.2, 0.25) is 5.02 Å². The molecule has 36 heavy (non-hydrogen) atoms. The van der Waals surface area contributed by atoms with E-state index in [1.165, 1.54) is 16.5 Å². The molecular formula is C27H31ClN8. The monoisotopic (exact) mass is 502 g/mol. The van der Waals surface area contributed by atoms with Gasteiger partial charge in [-0.2, -0.15) is 0 Å². The molecule has 5 rings (SSSR count). The number of benzene rings is 2. The Bertz CT molecular complexity index is 1430. The third kappa shape index (κ3) is 6.02. The van der Waals surface area contributed by atoms with Gasteiger partial charge in [0.05, 0.1) is 11.2 Å². The van der Waals surface area contributed by atoms with Crippen molar-refractivity contribution in [2.75, 3.05) is 38.5 Å². The molecule has 0 fully saturated rings. The van der Waals surface area contributed by atoms with Crippen LogP contribution in [0.5, 0.6) is 0 Å². The second kappa shape index (κ2) is 11.5. The van der Waals surface area contributed by atoms with Crippen molar-refractivity contribution in [3.8, 4) is 0 Å². The van der Waals surface area contributed by atoms with Crippen LogP contribution in [0.1, 0.15) is 11.3 Å². The number of aromatic amines is 1. The Hall–Kier alpha value is -3.46. The highest BCUT2D eigenvalue weighted by Gasteiger charge is 2.06. The van der Waals surface area contributed by atoms with Crippen molar-refractivity contribution in [3.63, 3.8) is 0 Å². The lowest BCUT2D eigenvalue weighted by Gasteiger charge is -2.18. The number of aryl methyl sites for hydroxylation is 2. The molecule has 3 aromatic heterocycles. The van der Waals surface area contributed by atoms with Crippen LogP contribution in [0.3, 0.4) is 0 Å². The number of nitrogens with zero attached hydrogens (tertiary/aromatic N) is 5. The van der Waals surface area contributed by atoms with Crippen molar-refractivity contribution in [1.29, 1.82) is 0 Å². The van der Waals surface area contributed by atoms with Crippen molar-refractivity contribution < 1.29 is 0 Å². The van der Waals surface area contributed by atoms with E-state index in [-0.39, 0.29) is 0 Å². The molecule has 0 saturated carbocycles. The molecule has 5 aromatic rings. The smallest absolute Gasteiger partial charge is 0.0964 e. The van der Waals surface area contributed by atoms with Crippen molar-refractivity contribution in [1.82, 2.24) is 35.2 Å². The molecule has 186 valence electrons. The Morgan fingerprint density at radius 3 is 2.89 bits per heavy atom. The molecule has 2 aromatic carbocycles. The molecule has 0 aliphatic carbocycles. The van der Waals surface area contributed by atoms with Crippen molar-refractivity contribution in [3.05, 3.63) is 83.4 Å². The highest BCUT2D eigenvalue weighted by Crippen LogP contribution is 2.24. The van der Waals surface area contributed by atoms with Gasteiger partial charge < -0.3 is 20.5 Å². The predicted octanol–water partition coefficient (Wildman–Crippen LogP) is 4.34. The minimum absolute atomic E-state index is 0.701. The maximum Gasteiger partial charge on any atom is 0.0964 e. The molecule has 0 radical (unpaired) electrons. The summed E-state index contributed by atoms with van der Waals surface area (Å²) in [5.41, 5.74) is 5.42. The van der Waals surface area contributed by atoms with Gasteiger partial charge in [-0.1, -0.05) is 35.0 Å². The summed E-state index contributed by atoms with van der Waals surface area (Å²) in [5.74, 6) is 0. The topological polar surface area (TPSA) is 86.7 Å². The van der Waals surface area contributed by atoms with Crippen LogP contribution in [0.4, 0.5) is 5.69 Å². The van der Waals surface area contributed by atoms with Gasteiger partial charge in [-0.25, -0.2) is 0 Å². The Morgan fingerprint density at radius 1 is 1.06 bits per heavy atom. The fraction of sp³-hybridized carbons (Fsp3) is 0.296. The van der Waals surface area contributed by atoms with Gasteiger partial charge in [-0.3, -0.25) is 9.67 Å². The first-order valence-corrected chi connectivity index (χ1v) is 12.6. The molecule has 9 heteroatoms. The Labute approximate surface area is 215 Å². The van der Waals surface area contributed by atoms with E-state index < -0.39 is 0 Å². The number of hydrogen-bond acceptors (Lipinski definition) is 6. The zero-order chi connectivity index (χ0) is 24.7. The van der Waals surface area contributed by atoms with E-state index in [2.05, 4.69) is 73.3 Å². The first-order valence-electron chi connectivity index (χ1n) is 12.3. The Morgan fingerprint density at radius 2 is 1.94 bits per heavy atom. The summed E-state index contributed by atoms with van der Waals surface area (Å²) in [6.45, 7) is 5.14. The lowest BCUT2D eigenvalue weighted by atomic mass is 10.1. The van der Waals surface area contributed by atoms with Gasteiger partial charge in [0.1, 0.15) is 0 Å². The van der Waals surface area contributed by atoms with E-state index in [4.69, 9.17) is 11.6 Å².